The molecule has 0 aliphatic heterocycles. The molecule has 0 fully saturated rings. The van der Waals surface area contributed by atoms with Gasteiger partial charge in [0.1, 0.15) is 5.82 Å². The fourth-order valence-corrected chi connectivity index (χ4v) is 1.48. The summed E-state index contributed by atoms with van der Waals surface area (Å²) in [6.07, 6.45) is 0. The number of aromatic nitrogens is 1. The Morgan fingerprint density at radius 2 is 1.87 bits per heavy atom. The van der Waals surface area contributed by atoms with Crippen LogP contribution in [0.4, 0.5) is 10.2 Å². The first-order valence-corrected chi connectivity index (χ1v) is 4.73. The van der Waals surface area contributed by atoms with Gasteiger partial charge in [0, 0.05) is 5.56 Å². The van der Waals surface area contributed by atoms with Gasteiger partial charge in [-0.2, -0.15) is 0 Å². The number of halogens is 2. The van der Waals surface area contributed by atoms with E-state index in [-0.39, 0.29) is 5.02 Å². The van der Waals surface area contributed by atoms with Crippen molar-refractivity contribution in [1.82, 2.24) is 4.98 Å². The minimum atomic E-state index is -0.475. The number of nitrogens with two attached hydrogens (primary N) is 1. The maximum absolute atomic E-state index is 13.6. The highest BCUT2D eigenvalue weighted by molar-refractivity contribution is 6.31. The van der Waals surface area contributed by atoms with Crippen LogP contribution < -0.4 is 5.73 Å². The van der Waals surface area contributed by atoms with Crippen molar-refractivity contribution in [2.24, 2.45) is 0 Å². The standard InChI is InChI=1S/C11H8ClFN2/c12-8-4-1-3-7(11(8)13)9-5-2-6-10(14)15-9/h1-6H,(H2,14,15). The molecule has 2 rings (SSSR count). The highest BCUT2D eigenvalue weighted by Crippen LogP contribution is 2.26. The minimum absolute atomic E-state index is 0.0803. The number of hydrogen-bond acceptors (Lipinski definition) is 2. The molecular weight excluding hydrogens is 215 g/mol. The average Bonchev–Trinajstić information content (AvgIpc) is 2.22. The first kappa shape index (κ1) is 9.93. The highest BCUT2D eigenvalue weighted by atomic mass is 35.5. The SMILES string of the molecule is Nc1cccc(-c2cccc(Cl)c2F)n1. The zero-order valence-corrected chi connectivity index (χ0v) is 8.50. The number of nitrogens with zero attached hydrogens (tertiary/aromatic N) is 1. The molecule has 0 radical (unpaired) electrons. The van der Waals surface area contributed by atoms with Crippen molar-refractivity contribution in [2.75, 3.05) is 5.73 Å². The fourth-order valence-electron chi connectivity index (χ4n) is 1.30. The Hall–Kier alpha value is -1.61. The molecule has 0 amide bonds. The first-order valence-electron chi connectivity index (χ1n) is 4.35. The van der Waals surface area contributed by atoms with E-state index < -0.39 is 5.82 Å². The zero-order valence-electron chi connectivity index (χ0n) is 7.74. The summed E-state index contributed by atoms with van der Waals surface area (Å²) >= 11 is 5.67. The van der Waals surface area contributed by atoms with Gasteiger partial charge in [-0.25, -0.2) is 9.37 Å². The summed E-state index contributed by atoms with van der Waals surface area (Å²) in [5, 5.41) is 0.0803. The Morgan fingerprint density at radius 3 is 2.60 bits per heavy atom. The molecule has 2 N–H and O–H groups in total. The third kappa shape index (κ3) is 1.92. The number of hydrogen-bond donors (Lipinski definition) is 1. The van der Waals surface area contributed by atoms with Gasteiger partial charge in [-0.1, -0.05) is 23.7 Å². The van der Waals surface area contributed by atoms with E-state index in [1.807, 2.05) is 0 Å². The van der Waals surface area contributed by atoms with Crippen LogP contribution in [0.3, 0.4) is 0 Å². The van der Waals surface area contributed by atoms with Gasteiger partial charge < -0.3 is 5.73 Å². The molecule has 0 saturated carbocycles. The van der Waals surface area contributed by atoms with Crippen molar-refractivity contribution in [3.63, 3.8) is 0 Å². The maximum Gasteiger partial charge on any atom is 0.151 e. The second-order valence-corrected chi connectivity index (χ2v) is 3.46. The minimum Gasteiger partial charge on any atom is -0.384 e. The van der Waals surface area contributed by atoms with Crippen LogP contribution in [0.15, 0.2) is 36.4 Å². The van der Waals surface area contributed by atoms with Gasteiger partial charge in [0.05, 0.1) is 10.7 Å². The summed E-state index contributed by atoms with van der Waals surface area (Å²) in [5.41, 5.74) is 6.36. The van der Waals surface area contributed by atoms with Crippen LogP contribution >= 0.6 is 11.6 Å². The predicted octanol–water partition coefficient (Wildman–Crippen LogP) is 3.12. The second-order valence-electron chi connectivity index (χ2n) is 3.05. The van der Waals surface area contributed by atoms with Gasteiger partial charge in [0.25, 0.3) is 0 Å². The van der Waals surface area contributed by atoms with E-state index >= 15 is 0 Å². The van der Waals surface area contributed by atoms with E-state index in [0.29, 0.717) is 17.1 Å². The van der Waals surface area contributed by atoms with Gasteiger partial charge in [-0.3, -0.25) is 0 Å². The molecule has 2 nitrogen and oxygen atoms in total. The molecule has 0 saturated heterocycles. The van der Waals surface area contributed by atoms with Crippen molar-refractivity contribution in [1.29, 1.82) is 0 Å². The predicted molar refractivity (Wildman–Crippen MR) is 59.1 cm³/mol. The third-order valence-electron chi connectivity index (χ3n) is 2.00. The summed E-state index contributed by atoms with van der Waals surface area (Å²) in [6, 6.07) is 9.83. The van der Waals surface area contributed by atoms with Crippen LogP contribution in [-0.4, -0.2) is 4.98 Å². The molecule has 0 aliphatic rings. The molecule has 0 atom stereocenters. The van der Waals surface area contributed by atoms with E-state index in [4.69, 9.17) is 17.3 Å². The molecule has 1 aromatic carbocycles. The second kappa shape index (κ2) is 3.87. The summed E-state index contributed by atoms with van der Waals surface area (Å²) in [4.78, 5) is 4.02. The Bertz CT molecular complexity index is 500. The summed E-state index contributed by atoms with van der Waals surface area (Å²) in [7, 11) is 0. The number of rotatable bonds is 1. The Labute approximate surface area is 91.5 Å². The van der Waals surface area contributed by atoms with Crippen molar-refractivity contribution in [3.8, 4) is 11.3 Å². The number of pyridine rings is 1. The lowest BCUT2D eigenvalue weighted by molar-refractivity contribution is 0.631. The Kier molecular flexibility index (Phi) is 2.56. The van der Waals surface area contributed by atoms with Gasteiger partial charge in [-0.15, -0.1) is 0 Å². The van der Waals surface area contributed by atoms with Crippen molar-refractivity contribution in [3.05, 3.63) is 47.2 Å². The summed E-state index contributed by atoms with van der Waals surface area (Å²) < 4.78 is 13.6. The third-order valence-corrected chi connectivity index (χ3v) is 2.29. The molecule has 0 aliphatic carbocycles. The van der Waals surface area contributed by atoms with Crippen molar-refractivity contribution in [2.45, 2.75) is 0 Å². The molecule has 1 heterocycles. The van der Waals surface area contributed by atoms with Crippen LogP contribution in [0.5, 0.6) is 0 Å². The summed E-state index contributed by atoms with van der Waals surface area (Å²) in [5.74, 6) is -0.121. The Morgan fingerprint density at radius 1 is 1.13 bits per heavy atom. The lowest BCUT2D eigenvalue weighted by atomic mass is 10.1. The normalized spacial score (nSPS) is 10.3. The molecule has 76 valence electrons. The average molecular weight is 223 g/mol. The molecule has 0 bridgehead atoms. The summed E-state index contributed by atoms with van der Waals surface area (Å²) in [6.45, 7) is 0. The Balaban J connectivity index is 2.59. The molecule has 4 heteroatoms. The van der Waals surface area contributed by atoms with Crippen LogP contribution in [0.25, 0.3) is 11.3 Å². The van der Waals surface area contributed by atoms with E-state index in [2.05, 4.69) is 4.98 Å². The first-order chi connectivity index (χ1) is 7.18. The van der Waals surface area contributed by atoms with Crippen LogP contribution in [0, 0.1) is 5.82 Å². The number of anilines is 1. The fraction of sp³-hybridized carbons (Fsp3) is 0. The van der Waals surface area contributed by atoms with E-state index in [1.165, 1.54) is 6.07 Å². The molecule has 2 aromatic rings. The molecule has 0 spiro atoms. The van der Waals surface area contributed by atoms with Gasteiger partial charge in [-0.05, 0) is 24.3 Å². The topological polar surface area (TPSA) is 38.9 Å². The molecular formula is C11H8ClFN2. The van der Waals surface area contributed by atoms with Crippen LogP contribution in [0.1, 0.15) is 0 Å². The van der Waals surface area contributed by atoms with Crippen molar-refractivity contribution >= 4 is 17.4 Å². The molecule has 15 heavy (non-hydrogen) atoms. The van der Waals surface area contributed by atoms with E-state index in [1.54, 1.807) is 30.3 Å². The molecule has 1 aromatic heterocycles. The van der Waals surface area contributed by atoms with Crippen LogP contribution in [-0.2, 0) is 0 Å². The number of benzene rings is 1. The lowest BCUT2D eigenvalue weighted by Crippen LogP contribution is -1.93. The molecule has 0 unspecified atom stereocenters. The van der Waals surface area contributed by atoms with Gasteiger partial charge in [0.15, 0.2) is 5.82 Å². The van der Waals surface area contributed by atoms with E-state index in [9.17, 15) is 4.39 Å². The quantitative estimate of drug-likeness (QED) is 0.805. The van der Waals surface area contributed by atoms with Gasteiger partial charge in [0.2, 0.25) is 0 Å². The zero-order chi connectivity index (χ0) is 10.8. The lowest BCUT2D eigenvalue weighted by Gasteiger charge is -2.04. The smallest absolute Gasteiger partial charge is 0.151 e. The van der Waals surface area contributed by atoms with Crippen LogP contribution in [0.2, 0.25) is 5.02 Å². The van der Waals surface area contributed by atoms with Gasteiger partial charge >= 0.3 is 0 Å². The largest absolute Gasteiger partial charge is 0.384 e. The van der Waals surface area contributed by atoms with E-state index in [0.717, 1.165) is 0 Å². The van der Waals surface area contributed by atoms with Crippen molar-refractivity contribution < 1.29 is 4.39 Å². The highest BCUT2D eigenvalue weighted by Gasteiger charge is 2.09. The maximum atomic E-state index is 13.6. The number of nitrogen functional groups attached to an aromatic ring is 1. The monoisotopic (exact) mass is 222 g/mol.